The first kappa shape index (κ1) is 19.1. The Morgan fingerprint density at radius 1 is 1.37 bits per heavy atom. The number of hydrogen-bond acceptors (Lipinski definition) is 7. The van der Waals surface area contributed by atoms with Gasteiger partial charge in [-0.1, -0.05) is 6.07 Å². The lowest BCUT2D eigenvalue weighted by molar-refractivity contribution is -0.154. The van der Waals surface area contributed by atoms with Crippen LogP contribution >= 0.6 is 11.3 Å². The van der Waals surface area contributed by atoms with Gasteiger partial charge in [0.2, 0.25) is 5.91 Å². The van der Waals surface area contributed by atoms with E-state index in [2.05, 4.69) is 10.3 Å². The van der Waals surface area contributed by atoms with Crippen LogP contribution in [-0.2, 0) is 20.9 Å². The number of thiazole rings is 1. The topological polar surface area (TPSA) is 90.0 Å². The summed E-state index contributed by atoms with van der Waals surface area (Å²) in [4.78, 5) is 30.6. The van der Waals surface area contributed by atoms with Gasteiger partial charge in [-0.15, -0.1) is 11.3 Å². The third kappa shape index (κ3) is 4.20. The summed E-state index contributed by atoms with van der Waals surface area (Å²) in [7, 11) is 4.76. The Bertz CT molecular complexity index is 811. The summed E-state index contributed by atoms with van der Waals surface area (Å²) in [5.41, 5.74) is 3.22. The maximum absolute atomic E-state index is 13.0. The molecule has 1 N–H and O–H groups in total. The Hall–Kier alpha value is -2.65. The highest BCUT2D eigenvalue weighted by molar-refractivity contribution is 7.07. The van der Waals surface area contributed by atoms with Crippen LogP contribution < -0.4 is 14.8 Å². The van der Waals surface area contributed by atoms with E-state index >= 15 is 0 Å². The molecule has 2 atom stereocenters. The molecule has 1 aliphatic rings. The molecule has 2 aromatic rings. The molecule has 8 nitrogen and oxygen atoms in total. The van der Waals surface area contributed by atoms with Crippen molar-refractivity contribution in [2.45, 2.75) is 18.7 Å². The van der Waals surface area contributed by atoms with Gasteiger partial charge in [-0.05, 0) is 17.7 Å². The van der Waals surface area contributed by atoms with Crippen molar-refractivity contribution in [3.05, 3.63) is 40.3 Å². The molecule has 0 unspecified atom stereocenters. The van der Waals surface area contributed by atoms with Gasteiger partial charge in [-0.3, -0.25) is 9.59 Å². The summed E-state index contributed by atoms with van der Waals surface area (Å²) in [5.74, 6) is 0.563. The number of amides is 2. The average molecular weight is 391 g/mol. The van der Waals surface area contributed by atoms with Gasteiger partial charge in [0.1, 0.15) is 6.61 Å². The minimum Gasteiger partial charge on any atom is -0.493 e. The summed E-state index contributed by atoms with van der Waals surface area (Å²) in [5, 5.41) is 4.73. The molecule has 27 heavy (non-hydrogen) atoms. The SMILES string of the molecule is COc1ccc([C@H]2NC(=O)CO[C@@H]2C(=O)N(C)Cc2cscn2)cc1OC. The van der Waals surface area contributed by atoms with E-state index < -0.39 is 12.1 Å². The van der Waals surface area contributed by atoms with Crippen molar-refractivity contribution in [3.8, 4) is 11.5 Å². The Kier molecular flexibility index (Phi) is 5.92. The molecule has 3 rings (SSSR count). The smallest absolute Gasteiger partial charge is 0.254 e. The highest BCUT2D eigenvalue weighted by Gasteiger charge is 2.38. The van der Waals surface area contributed by atoms with Crippen LogP contribution in [0.25, 0.3) is 0 Å². The van der Waals surface area contributed by atoms with Crippen molar-refractivity contribution in [1.82, 2.24) is 15.2 Å². The fourth-order valence-electron chi connectivity index (χ4n) is 2.92. The summed E-state index contributed by atoms with van der Waals surface area (Å²) >= 11 is 1.47. The molecule has 0 saturated carbocycles. The van der Waals surface area contributed by atoms with Crippen molar-refractivity contribution in [3.63, 3.8) is 0 Å². The van der Waals surface area contributed by atoms with E-state index in [0.717, 1.165) is 5.69 Å². The number of nitrogens with zero attached hydrogens (tertiary/aromatic N) is 2. The molecule has 9 heteroatoms. The predicted octanol–water partition coefficient (Wildman–Crippen LogP) is 1.37. The third-order valence-electron chi connectivity index (χ3n) is 4.28. The van der Waals surface area contributed by atoms with Gasteiger partial charge in [-0.2, -0.15) is 0 Å². The average Bonchev–Trinajstić information content (AvgIpc) is 3.19. The second-order valence-electron chi connectivity index (χ2n) is 6.07. The molecule has 2 heterocycles. The minimum absolute atomic E-state index is 0.162. The van der Waals surface area contributed by atoms with Crippen molar-refractivity contribution >= 4 is 23.2 Å². The van der Waals surface area contributed by atoms with E-state index in [1.165, 1.54) is 18.4 Å². The summed E-state index contributed by atoms with van der Waals surface area (Å²) in [6.07, 6.45) is -0.843. The van der Waals surface area contributed by atoms with Gasteiger partial charge in [0.25, 0.3) is 5.91 Å². The van der Waals surface area contributed by atoms with Crippen molar-refractivity contribution in [2.24, 2.45) is 0 Å². The second-order valence-corrected chi connectivity index (χ2v) is 6.78. The van der Waals surface area contributed by atoms with Gasteiger partial charge >= 0.3 is 0 Å². The van der Waals surface area contributed by atoms with Crippen LogP contribution in [0.5, 0.6) is 11.5 Å². The highest BCUT2D eigenvalue weighted by atomic mass is 32.1. The van der Waals surface area contributed by atoms with E-state index in [1.807, 2.05) is 5.38 Å². The van der Waals surface area contributed by atoms with Gasteiger partial charge in [0, 0.05) is 12.4 Å². The molecule has 1 aliphatic heterocycles. The zero-order valence-corrected chi connectivity index (χ0v) is 16.1. The van der Waals surface area contributed by atoms with Crippen molar-refractivity contribution < 1.29 is 23.8 Å². The van der Waals surface area contributed by atoms with Crippen LogP contribution in [-0.4, -0.2) is 55.7 Å². The predicted molar refractivity (Wildman–Crippen MR) is 98.8 cm³/mol. The van der Waals surface area contributed by atoms with E-state index in [4.69, 9.17) is 14.2 Å². The zero-order chi connectivity index (χ0) is 19.4. The van der Waals surface area contributed by atoms with E-state index in [9.17, 15) is 9.59 Å². The minimum atomic E-state index is -0.843. The number of morpholine rings is 1. The number of ether oxygens (including phenoxy) is 3. The normalized spacial score (nSPS) is 19.3. The molecule has 1 fully saturated rings. The van der Waals surface area contributed by atoms with Gasteiger partial charge in [0.15, 0.2) is 17.6 Å². The lowest BCUT2D eigenvalue weighted by Crippen LogP contribution is -2.52. The number of aromatic nitrogens is 1. The monoisotopic (exact) mass is 391 g/mol. The van der Waals surface area contributed by atoms with Crippen molar-refractivity contribution in [2.75, 3.05) is 27.9 Å². The molecule has 144 valence electrons. The Morgan fingerprint density at radius 2 is 2.15 bits per heavy atom. The standard InChI is InChI=1S/C18H21N3O5S/c1-21(7-12-9-27-10-19-12)18(23)17-16(20-15(22)8-26-17)11-4-5-13(24-2)14(6-11)25-3/h4-6,9-10,16-17H,7-8H2,1-3H3,(H,20,22)/t16-,17+/m1/s1. The second kappa shape index (κ2) is 8.36. The zero-order valence-electron chi connectivity index (χ0n) is 15.3. The van der Waals surface area contributed by atoms with Crippen LogP contribution in [0.1, 0.15) is 17.3 Å². The Labute approximate surface area is 161 Å². The lowest BCUT2D eigenvalue weighted by Gasteiger charge is -2.34. The van der Waals surface area contributed by atoms with Crippen molar-refractivity contribution in [1.29, 1.82) is 0 Å². The first-order chi connectivity index (χ1) is 13.0. The number of nitrogens with one attached hydrogen (secondary N) is 1. The lowest BCUT2D eigenvalue weighted by atomic mass is 9.98. The fraction of sp³-hybridized carbons (Fsp3) is 0.389. The quantitative estimate of drug-likeness (QED) is 0.800. The molecule has 0 aliphatic carbocycles. The van der Waals surface area contributed by atoms with Gasteiger partial charge in [-0.25, -0.2) is 4.98 Å². The number of likely N-dealkylation sites (N-methyl/N-ethyl adjacent to an activating group) is 1. The molecule has 1 aromatic heterocycles. The van der Waals surface area contributed by atoms with Crippen LogP contribution in [0.2, 0.25) is 0 Å². The summed E-state index contributed by atoms with van der Waals surface area (Å²) in [6, 6.07) is 4.62. The number of hydrogen-bond donors (Lipinski definition) is 1. The van der Waals surface area contributed by atoms with Crippen LogP contribution in [0.15, 0.2) is 29.1 Å². The Balaban J connectivity index is 1.84. The highest BCUT2D eigenvalue weighted by Crippen LogP contribution is 2.32. The number of carbonyl (C=O) groups excluding carboxylic acids is 2. The fourth-order valence-corrected chi connectivity index (χ4v) is 3.47. The number of methoxy groups -OCH3 is 2. The number of carbonyl (C=O) groups is 2. The summed E-state index contributed by atoms with van der Waals surface area (Å²) in [6.45, 7) is 0.208. The molecular formula is C18H21N3O5S. The molecule has 0 radical (unpaired) electrons. The van der Waals surface area contributed by atoms with E-state index in [1.54, 1.807) is 42.8 Å². The van der Waals surface area contributed by atoms with Crippen LogP contribution in [0.3, 0.4) is 0 Å². The number of benzene rings is 1. The molecule has 0 bridgehead atoms. The van der Waals surface area contributed by atoms with E-state index in [-0.39, 0.29) is 18.4 Å². The maximum Gasteiger partial charge on any atom is 0.254 e. The molecule has 2 amide bonds. The molecule has 0 spiro atoms. The molecule has 1 aromatic carbocycles. The van der Waals surface area contributed by atoms with E-state index in [0.29, 0.717) is 23.6 Å². The third-order valence-corrected chi connectivity index (χ3v) is 4.92. The van der Waals surface area contributed by atoms with Crippen LogP contribution in [0.4, 0.5) is 0 Å². The molecule has 1 saturated heterocycles. The molecular weight excluding hydrogens is 370 g/mol. The van der Waals surface area contributed by atoms with Crippen LogP contribution in [0, 0.1) is 0 Å². The van der Waals surface area contributed by atoms with Gasteiger partial charge < -0.3 is 24.4 Å². The largest absolute Gasteiger partial charge is 0.493 e. The van der Waals surface area contributed by atoms with Gasteiger partial charge in [0.05, 0.1) is 38.0 Å². The Morgan fingerprint density at radius 3 is 2.81 bits per heavy atom. The maximum atomic E-state index is 13.0. The summed E-state index contributed by atoms with van der Waals surface area (Å²) < 4.78 is 16.2. The first-order valence-electron chi connectivity index (χ1n) is 8.28. The first-order valence-corrected chi connectivity index (χ1v) is 9.22. The number of rotatable bonds is 6.